The molecule has 19 heavy (non-hydrogen) atoms. The molecule has 0 aliphatic carbocycles. The summed E-state index contributed by atoms with van der Waals surface area (Å²) in [4.78, 5) is 18.0. The highest BCUT2D eigenvalue weighted by Crippen LogP contribution is 2.23. The van der Waals surface area contributed by atoms with Crippen molar-refractivity contribution in [3.8, 4) is 5.75 Å². The Labute approximate surface area is 114 Å². The fourth-order valence-electron chi connectivity index (χ4n) is 1.90. The van der Waals surface area contributed by atoms with Crippen LogP contribution >= 0.6 is 0 Å². The first-order chi connectivity index (χ1) is 8.97. The van der Waals surface area contributed by atoms with Crippen molar-refractivity contribution in [2.75, 3.05) is 26.2 Å². The van der Waals surface area contributed by atoms with E-state index < -0.39 is 0 Å². The van der Waals surface area contributed by atoms with Gasteiger partial charge < -0.3 is 15.0 Å². The van der Waals surface area contributed by atoms with Gasteiger partial charge in [-0.05, 0) is 6.07 Å². The summed E-state index contributed by atoms with van der Waals surface area (Å²) < 4.78 is 5.41. The lowest BCUT2D eigenvalue weighted by molar-refractivity contribution is 0.145. The number of hydrogen-bond acceptors (Lipinski definition) is 4. The van der Waals surface area contributed by atoms with E-state index in [1.165, 1.54) is 0 Å². The van der Waals surface area contributed by atoms with E-state index in [4.69, 9.17) is 4.74 Å². The smallest absolute Gasteiger partial charge is 0.410 e. The molecule has 1 aliphatic heterocycles. The molecule has 104 valence electrons. The third-order valence-corrected chi connectivity index (χ3v) is 3.08. The van der Waals surface area contributed by atoms with Crippen molar-refractivity contribution < 1.29 is 9.53 Å². The molecule has 1 aromatic rings. The summed E-state index contributed by atoms with van der Waals surface area (Å²) in [7, 11) is 0. The monoisotopic (exact) mass is 263 g/mol. The van der Waals surface area contributed by atoms with Gasteiger partial charge in [-0.25, -0.2) is 4.79 Å². The van der Waals surface area contributed by atoms with Gasteiger partial charge in [0.05, 0.1) is 0 Å². The normalized spacial score (nSPS) is 16.3. The van der Waals surface area contributed by atoms with E-state index in [2.05, 4.69) is 31.1 Å². The lowest BCUT2D eigenvalue weighted by Crippen LogP contribution is -2.47. The number of carbonyl (C=O) groups excluding carboxylic acids is 1. The number of pyridine rings is 1. The number of aromatic nitrogens is 1. The zero-order valence-electron chi connectivity index (χ0n) is 11.8. The van der Waals surface area contributed by atoms with E-state index in [-0.39, 0.29) is 11.5 Å². The van der Waals surface area contributed by atoms with Gasteiger partial charge in [0.25, 0.3) is 0 Å². The highest BCUT2D eigenvalue weighted by atomic mass is 16.6. The van der Waals surface area contributed by atoms with E-state index in [1.54, 1.807) is 17.2 Å². The SMILES string of the molecule is CC(C)(C)c1cc(OC(=O)N2CCNCC2)ccn1. The van der Waals surface area contributed by atoms with E-state index in [1.807, 2.05) is 6.07 Å². The Bertz CT molecular complexity index is 448. The van der Waals surface area contributed by atoms with E-state index in [0.717, 1.165) is 18.8 Å². The predicted molar refractivity (Wildman–Crippen MR) is 73.4 cm³/mol. The van der Waals surface area contributed by atoms with Crippen LogP contribution in [-0.2, 0) is 5.41 Å². The van der Waals surface area contributed by atoms with Crippen LogP contribution in [0.15, 0.2) is 18.3 Å². The van der Waals surface area contributed by atoms with Crippen LogP contribution in [0, 0.1) is 0 Å². The zero-order chi connectivity index (χ0) is 13.9. The molecule has 1 fully saturated rings. The molecule has 0 spiro atoms. The average Bonchev–Trinajstić information content (AvgIpc) is 2.39. The number of ether oxygens (including phenoxy) is 1. The van der Waals surface area contributed by atoms with Crippen LogP contribution in [0.5, 0.6) is 5.75 Å². The van der Waals surface area contributed by atoms with Crippen LogP contribution in [0.25, 0.3) is 0 Å². The Hall–Kier alpha value is -1.62. The fourth-order valence-corrected chi connectivity index (χ4v) is 1.90. The quantitative estimate of drug-likeness (QED) is 0.839. The maximum absolute atomic E-state index is 12.0. The van der Waals surface area contributed by atoms with Crippen molar-refractivity contribution in [1.82, 2.24) is 15.2 Å². The molecular weight excluding hydrogens is 242 g/mol. The van der Waals surface area contributed by atoms with Gasteiger partial charge in [0, 0.05) is 49.6 Å². The summed E-state index contributed by atoms with van der Waals surface area (Å²) in [5, 5.41) is 3.20. The Balaban J connectivity index is 2.04. The maximum Gasteiger partial charge on any atom is 0.415 e. The second-order valence-electron chi connectivity index (χ2n) is 5.73. The number of nitrogens with zero attached hydrogens (tertiary/aromatic N) is 2. The number of nitrogens with one attached hydrogen (secondary N) is 1. The summed E-state index contributed by atoms with van der Waals surface area (Å²) in [6.45, 7) is 9.26. The van der Waals surface area contributed by atoms with Gasteiger partial charge in [-0.3, -0.25) is 4.98 Å². The van der Waals surface area contributed by atoms with Crippen LogP contribution < -0.4 is 10.1 Å². The molecule has 1 saturated heterocycles. The van der Waals surface area contributed by atoms with Gasteiger partial charge in [-0.1, -0.05) is 20.8 Å². The molecule has 0 unspecified atom stereocenters. The van der Waals surface area contributed by atoms with Crippen molar-refractivity contribution >= 4 is 6.09 Å². The molecule has 1 aliphatic rings. The Morgan fingerprint density at radius 3 is 2.68 bits per heavy atom. The van der Waals surface area contributed by atoms with Gasteiger partial charge >= 0.3 is 6.09 Å². The van der Waals surface area contributed by atoms with Crippen LogP contribution in [0.2, 0.25) is 0 Å². The second kappa shape index (κ2) is 5.57. The van der Waals surface area contributed by atoms with Gasteiger partial charge in [0.2, 0.25) is 0 Å². The van der Waals surface area contributed by atoms with Crippen molar-refractivity contribution in [2.45, 2.75) is 26.2 Å². The Kier molecular flexibility index (Phi) is 4.04. The fraction of sp³-hybridized carbons (Fsp3) is 0.571. The van der Waals surface area contributed by atoms with Gasteiger partial charge in [0.15, 0.2) is 0 Å². The first-order valence-electron chi connectivity index (χ1n) is 6.61. The van der Waals surface area contributed by atoms with Gasteiger partial charge in [0.1, 0.15) is 5.75 Å². The number of hydrogen-bond donors (Lipinski definition) is 1. The molecule has 0 bridgehead atoms. The number of rotatable bonds is 1. The molecule has 5 heteroatoms. The minimum Gasteiger partial charge on any atom is -0.410 e. The summed E-state index contributed by atoms with van der Waals surface area (Å²) in [5.41, 5.74) is 0.857. The second-order valence-corrected chi connectivity index (χ2v) is 5.73. The van der Waals surface area contributed by atoms with Crippen molar-refractivity contribution in [3.05, 3.63) is 24.0 Å². The summed E-state index contributed by atoms with van der Waals surface area (Å²) >= 11 is 0. The molecule has 0 saturated carbocycles. The molecule has 1 N–H and O–H groups in total. The first kappa shape index (κ1) is 13.8. The van der Waals surface area contributed by atoms with Crippen molar-refractivity contribution in [2.24, 2.45) is 0 Å². The minimum atomic E-state index is -0.285. The Morgan fingerprint density at radius 2 is 2.05 bits per heavy atom. The third kappa shape index (κ3) is 3.67. The summed E-state index contributed by atoms with van der Waals surface area (Å²) in [6, 6.07) is 3.55. The number of amides is 1. The minimum absolute atomic E-state index is 0.0581. The topological polar surface area (TPSA) is 54.5 Å². The highest BCUT2D eigenvalue weighted by molar-refractivity contribution is 5.70. The molecular formula is C14H21N3O2. The lowest BCUT2D eigenvalue weighted by atomic mass is 9.92. The highest BCUT2D eigenvalue weighted by Gasteiger charge is 2.20. The van der Waals surface area contributed by atoms with Crippen LogP contribution in [0.3, 0.4) is 0 Å². The molecule has 0 radical (unpaired) electrons. The standard InChI is InChI=1S/C14H21N3O2/c1-14(2,3)12-10-11(4-5-16-12)19-13(18)17-8-6-15-7-9-17/h4-5,10,15H,6-9H2,1-3H3. The molecule has 0 aromatic carbocycles. The molecule has 1 amide bonds. The number of carbonyl (C=O) groups is 1. The first-order valence-corrected chi connectivity index (χ1v) is 6.61. The van der Waals surface area contributed by atoms with Crippen LogP contribution in [0.1, 0.15) is 26.5 Å². The molecule has 1 aromatic heterocycles. The largest absolute Gasteiger partial charge is 0.415 e. The van der Waals surface area contributed by atoms with E-state index in [0.29, 0.717) is 18.8 Å². The predicted octanol–water partition coefficient (Wildman–Crippen LogP) is 1.78. The Morgan fingerprint density at radius 1 is 1.37 bits per heavy atom. The summed E-state index contributed by atoms with van der Waals surface area (Å²) in [5.74, 6) is 0.559. The van der Waals surface area contributed by atoms with Crippen molar-refractivity contribution in [3.63, 3.8) is 0 Å². The molecule has 2 heterocycles. The summed E-state index contributed by atoms with van der Waals surface area (Å²) in [6.07, 6.45) is 1.40. The van der Waals surface area contributed by atoms with Gasteiger partial charge in [-0.2, -0.15) is 0 Å². The molecule has 2 rings (SSSR count). The van der Waals surface area contributed by atoms with Crippen molar-refractivity contribution in [1.29, 1.82) is 0 Å². The van der Waals surface area contributed by atoms with Gasteiger partial charge in [-0.15, -0.1) is 0 Å². The lowest BCUT2D eigenvalue weighted by Gasteiger charge is -2.26. The zero-order valence-corrected chi connectivity index (χ0v) is 11.8. The molecule has 0 atom stereocenters. The molecule has 5 nitrogen and oxygen atoms in total. The van der Waals surface area contributed by atoms with E-state index >= 15 is 0 Å². The van der Waals surface area contributed by atoms with Crippen LogP contribution in [0.4, 0.5) is 4.79 Å². The third-order valence-electron chi connectivity index (χ3n) is 3.08. The van der Waals surface area contributed by atoms with E-state index in [9.17, 15) is 4.79 Å². The average molecular weight is 263 g/mol. The number of piperazine rings is 1. The maximum atomic E-state index is 12.0. The van der Waals surface area contributed by atoms with Crippen LogP contribution in [-0.4, -0.2) is 42.2 Å².